The van der Waals surface area contributed by atoms with Gasteiger partial charge in [-0.15, -0.1) is 0 Å². The molecule has 3 rings (SSSR count). The Labute approximate surface area is 174 Å². The van der Waals surface area contributed by atoms with Crippen LogP contribution in [0.1, 0.15) is 22.3 Å². The number of carboxylic acids is 1. The summed E-state index contributed by atoms with van der Waals surface area (Å²) in [6.45, 7) is 0.0518. The average molecular weight is 435 g/mol. The van der Waals surface area contributed by atoms with E-state index in [-0.39, 0.29) is 31.3 Å². The van der Waals surface area contributed by atoms with Gasteiger partial charge in [-0.2, -0.15) is 22.5 Å². The number of anilines is 1. The number of hydrogen-bond donors (Lipinski definition) is 2. The zero-order valence-electron chi connectivity index (χ0n) is 16.0. The van der Waals surface area contributed by atoms with Crippen LogP contribution in [0.3, 0.4) is 0 Å². The summed E-state index contributed by atoms with van der Waals surface area (Å²) in [6, 6.07) is 11.1. The summed E-state index contributed by atoms with van der Waals surface area (Å²) < 4.78 is 57.8. The van der Waals surface area contributed by atoms with Crippen molar-refractivity contribution in [3.63, 3.8) is 0 Å². The third-order valence-corrected chi connectivity index (χ3v) is 4.25. The molecule has 2 N–H and O–H groups in total. The number of carbonyl (C=O) groups is 1. The summed E-state index contributed by atoms with van der Waals surface area (Å²) in [5, 5.41) is 11.5. The third kappa shape index (κ3) is 6.14. The van der Waals surface area contributed by atoms with E-state index >= 15 is 0 Å². The number of carboxylic acid groups (broad SMARTS) is 1. The number of ether oxygens (including phenoxy) is 1. The van der Waals surface area contributed by atoms with Gasteiger partial charge in [-0.05, 0) is 28.8 Å². The lowest BCUT2D eigenvalue weighted by Crippen LogP contribution is -2.08. The number of benzene rings is 2. The first-order chi connectivity index (χ1) is 14.7. The average Bonchev–Trinajstić information content (AvgIpc) is 2.72. The van der Waals surface area contributed by atoms with Crippen molar-refractivity contribution < 1.29 is 32.2 Å². The molecule has 0 saturated carbocycles. The van der Waals surface area contributed by atoms with Crippen molar-refractivity contribution >= 4 is 11.8 Å². The Balaban J connectivity index is 1.60. The fraction of sp³-hybridized carbons (Fsp3) is 0.190. The molecular formula is C21H17F4N3O3. The van der Waals surface area contributed by atoms with Crippen LogP contribution < -0.4 is 10.1 Å². The first-order valence-corrected chi connectivity index (χ1v) is 9.05. The van der Waals surface area contributed by atoms with E-state index in [0.29, 0.717) is 16.7 Å². The summed E-state index contributed by atoms with van der Waals surface area (Å²) in [7, 11) is 0. The molecule has 0 fully saturated rings. The standard InChI is InChI=1S/C21H17F4N3O3/c22-18-19(26-10-14-5-7-16(8-6-14)21(23,24)25)27-12-28-20(18)31-11-15-3-1-13(2-4-15)9-17(29)30/h1-8,12H,9-11H2,(H,29,30)(H,26,27,28). The minimum atomic E-state index is -4.42. The zero-order chi connectivity index (χ0) is 22.4. The summed E-state index contributed by atoms with van der Waals surface area (Å²) in [4.78, 5) is 18.2. The maximum absolute atomic E-state index is 14.6. The Hall–Kier alpha value is -3.69. The summed E-state index contributed by atoms with van der Waals surface area (Å²) >= 11 is 0. The molecule has 3 aromatic rings. The second-order valence-corrected chi connectivity index (χ2v) is 6.57. The Morgan fingerprint density at radius 2 is 1.58 bits per heavy atom. The highest BCUT2D eigenvalue weighted by molar-refractivity contribution is 5.70. The molecule has 0 unspecified atom stereocenters. The van der Waals surface area contributed by atoms with Crippen molar-refractivity contribution in [2.45, 2.75) is 25.7 Å². The van der Waals surface area contributed by atoms with Gasteiger partial charge in [0.15, 0.2) is 5.82 Å². The van der Waals surface area contributed by atoms with Crippen LogP contribution in [0, 0.1) is 5.82 Å². The number of hydrogen-bond acceptors (Lipinski definition) is 5. The molecule has 10 heteroatoms. The number of nitrogens with zero attached hydrogens (tertiary/aromatic N) is 2. The minimum Gasteiger partial charge on any atom is -0.481 e. The van der Waals surface area contributed by atoms with Crippen molar-refractivity contribution in [1.29, 1.82) is 0 Å². The van der Waals surface area contributed by atoms with Crippen molar-refractivity contribution in [3.8, 4) is 5.88 Å². The van der Waals surface area contributed by atoms with Crippen LogP contribution in [0.4, 0.5) is 23.4 Å². The van der Waals surface area contributed by atoms with Crippen LogP contribution in [0.2, 0.25) is 0 Å². The van der Waals surface area contributed by atoms with Crippen molar-refractivity contribution in [1.82, 2.24) is 9.97 Å². The Bertz CT molecular complexity index is 1040. The van der Waals surface area contributed by atoms with Gasteiger partial charge < -0.3 is 15.2 Å². The van der Waals surface area contributed by atoms with Crippen LogP contribution in [0.5, 0.6) is 5.88 Å². The normalized spacial score (nSPS) is 11.2. The number of nitrogens with one attached hydrogen (secondary N) is 1. The monoisotopic (exact) mass is 435 g/mol. The highest BCUT2D eigenvalue weighted by atomic mass is 19.4. The fourth-order valence-corrected chi connectivity index (χ4v) is 2.65. The summed E-state index contributed by atoms with van der Waals surface area (Å²) in [6.07, 6.45) is -3.42. The van der Waals surface area contributed by atoms with E-state index in [9.17, 15) is 22.4 Å². The molecule has 31 heavy (non-hydrogen) atoms. The van der Waals surface area contributed by atoms with E-state index in [0.717, 1.165) is 18.5 Å². The SMILES string of the molecule is O=C(O)Cc1ccc(COc2ncnc(NCc3ccc(C(F)(F)F)cc3)c2F)cc1. The number of aliphatic carboxylic acids is 1. The van der Waals surface area contributed by atoms with Gasteiger partial charge in [0.2, 0.25) is 5.82 Å². The van der Waals surface area contributed by atoms with Gasteiger partial charge in [0.05, 0.1) is 12.0 Å². The van der Waals surface area contributed by atoms with E-state index in [1.807, 2.05) is 0 Å². The van der Waals surface area contributed by atoms with Gasteiger partial charge >= 0.3 is 12.1 Å². The van der Waals surface area contributed by atoms with E-state index < -0.39 is 23.5 Å². The molecule has 162 valence electrons. The maximum Gasteiger partial charge on any atom is 0.416 e. The molecule has 0 aliphatic heterocycles. The van der Waals surface area contributed by atoms with Crippen molar-refractivity contribution in [3.05, 3.63) is 82.9 Å². The van der Waals surface area contributed by atoms with Crippen molar-refractivity contribution in [2.24, 2.45) is 0 Å². The molecule has 0 atom stereocenters. The molecule has 0 aliphatic rings. The zero-order valence-corrected chi connectivity index (χ0v) is 16.0. The van der Waals surface area contributed by atoms with Crippen LogP contribution >= 0.6 is 0 Å². The molecule has 0 aliphatic carbocycles. The molecule has 0 amide bonds. The van der Waals surface area contributed by atoms with Gasteiger partial charge in [0.1, 0.15) is 12.9 Å². The van der Waals surface area contributed by atoms with Gasteiger partial charge in [0.25, 0.3) is 5.88 Å². The molecule has 6 nitrogen and oxygen atoms in total. The van der Waals surface area contributed by atoms with Crippen LogP contribution in [-0.4, -0.2) is 21.0 Å². The van der Waals surface area contributed by atoms with Crippen LogP contribution in [-0.2, 0) is 30.5 Å². The van der Waals surface area contributed by atoms with Gasteiger partial charge in [-0.25, -0.2) is 4.98 Å². The lowest BCUT2D eigenvalue weighted by atomic mass is 10.1. The Kier molecular flexibility index (Phi) is 6.68. The predicted molar refractivity (Wildman–Crippen MR) is 103 cm³/mol. The smallest absolute Gasteiger partial charge is 0.416 e. The first-order valence-electron chi connectivity index (χ1n) is 9.05. The topological polar surface area (TPSA) is 84.3 Å². The number of halogens is 4. The number of aromatic nitrogens is 2. The Morgan fingerprint density at radius 1 is 0.968 bits per heavy atom. The van der Waals surface area contributed by atoms with Crippen LogP contribution in [0.25, 0.3) is 0 Å². The third-order valence-electron chi connectivity index (χ3n) is 4.25. The molecule has 1 heterocycles. The van der Waals surface area contributed by atoms with Gasteiger partial charge in [0, 0.05) is 6.54 Å². The molecule has 1 aromatic heterocycles. The van der Waals surface area contributed by atoms with E-state index in [2.05, 4.69) is 15.3 Å². The second kappa shape index (κ2) is 9.41. The molecule has 2 aromatic carbocycles. The minimum absolute atomic E-state index is 0.000368. The van der Waals surface area contributed by atoms with Crippen LogP contribution in [0.15, 0.2) is 54.9 Å². The fourth-order valence-electron chi connectivity index (χ4n) is 2.65. The predicted octanol–water partition coefficient (Wildman–Crippen LogP) is 4.45. The molecule has 0 radical (unpaired) electrons. The lowest BCUT2D eigenvalue weighted by molar-refractivity contribution is -0.138. The quantitative estimate of drug-likeness (QED) is 0.509. The molecular weight excluding hydrogens is 418 g/mol. The molecule has 0 saturated heterocycles. The number of alkyl halides is 3. The molecule has 0 spiro atoms. The lowest BCUT2D eigenvalue weighted by Gasteiger charge is -2.11. The highest BCUT2D eigenvalue weighted by Gasteiger charge is 2.29. The van der Waals surface area contributed by atoms with E-state index in [1.54, 1.807) is 24.3 Å². The first kappa shape index (κ1) is 22.0. The van der Waals surface area contributed by atoms with Gasteiger partial charge in [-0.1, -0.05) is 36.4 Å². The highest BCUT2D eigenvalue weighted by Crippen LogP contribution is 2.29. The Morgan fingerprint density at radius 3 is 2.19 bits per heavy atom. The largest absolute Gasteiger partial charge is 0.481 e. The molecule has 0 bridgehead atoms. The van der Waals surface area contributed by atoms with Gasteiger partial charge in [-0.3, -0.25) is 4.79 Å². The van der Waals surface area contributed by atoms with E-state index in [4.69, 9.17) is 9.84 Å². The maximum atomic E-state index is 14.6. The summed E-state index contributed by atoms with van der Waals surface area (Å²) in [5.41, 5.74) is 1.05. The number of rotatable bonds is 8. The van der Waals surface area contributed by atoms with Crippen molar-refractivity contribution in [2.75, 3.05) is 5.32 Å². The summed E-state index contributed by atoms with van der Waals surface area (Å²) in [5.74, 6) is -2.22. The van der Waals surface area contributed by atoms with E-state index in [1.165, 1.54) is 12.1 Å². The second-order valence-electron chi connectivity index (χ2n) is 6.57.